The van der Waals surface area contributed by atoms with Crippen molar-refractivity contribution in [3.63, 3.8) is 0 Å². The quantitative estimate of drug-likeness (QED) is 0.838. The van der Waals surface area contributed by atoms with Crippen molar-refractivity contribution in [2.45, 2.75) is 31.2 Å². The van der Waals surface area contributed by atoms with Gasteiger partial charge in [0.2, 0.25) is 0 Å². The summed E-state index contributed by atoms with van der Waals surface area (Å²) in [6, 6.07) is 7.03. The van der Waals surface area contributed by atoms with Crippen molar-refractivity contribution in [3.8, 4) is 11.5 Å². The highest BCUT2D eigenvalue weighted by atomic mass is 16.5. The van der Waals surface area contributed by atoms with Crippen LogP contribution < -0.4 is 14.8 Å². The van der Waals surface area contributed by atoms with Crippen LogP contribution in [-0.4, -0.2) is 26.8 Å². The molecule has 0 aliphatic heterocycles. The van der Waals surface area contributed by atoms with Crippen LogP contribution in [0.3, 0.4) is 0 Å². The van der Waals surface area contributed by atoms with Gasteiger partial charge in [0.25, 0.3) is 0 Å². The molecular weight excluding hydrogens is 226 g/mol. The minimum Gasteiger partial charge on any atom is -0.497 e. The highest BCUT2D eigenvalue weighted by Crippen LogP contribution is 2.48. The van der Waals surface area contributed by atoms with Crippen molar-refractivity contribution >= 4 is 0 Å². The minimum atomic E-state index is 0.681. The molecule has 3 heteroatoms. The van der Waals surface area contributed by atoms with Gasteiger partial charge in [0.05, 0.1) is 14.2 Å². The van der Waals surface area contributed by atoms with Crippen LogP contribution in [0.5, 0.6) is 11.5 Å². The van der Waals surface area contributed by atoms with Crippen LogP contribution in [-0.2, 0) is 0 Å². The lowest BCUT2D eigenvalue weighted by molar-refractivity contribution is 0.393. The van der Waals surface area contributed by atoms with E-state index in [0.29, 0.717) is 5.92 Å². The van der Waals surface area contributed by atoms with E-state index in [2.05, 4.69) is 17.4 Å². The molecule has 3 nitrogen and oxygen atoms in total. The number of methoxy groups -OCH3 is 2. The molecular formula is C15H21NO2. The number of benzene rings is 1. The van der Waals surface area contributed by atoms with E-state index < -0.39 is 0 Å². The highest BCUT2D eigenvalue weighted by molar-refractivity contribution is 5.42. The third-order valence-electron chi connectivity index (χ3n) is 3.97. The van der Waals surface area contributed by atoms with E-state index in [1.807, 2.05) is 6.07 Å². The van der Waals surface area contributed by atoms with E-state index in [-0.39, 0.29) is 0 Å². The second-order valence-corrected chi connectivity index (χ2v) is 5.43. The summed E-state index contributed by atoms with van der Waals surface area (Å²) in [6.45, 7) is 1.16. The molecule has 2 atom stereocenters. The molecule has 0 saturated heterocycles. The highest BCUT2D eigenvalue weighted by Gasteiger charge is 2.39. The number of hydrogen-bond donors (Lipinski definition) is 1. The second kappa shape index (κ2) is 4.81. The Morgan fingerprint density at radius 3 is 2.33 bits per heavy atom. The Morgan fingerprint density at radius 2 is 1.78 bits per heavy atom. The van der Waals surface area contributed by atoms with Crippen molar-refractivity contribution < 1.29 is 9.47 Å². The first-order valence-corrected chi connectivity index (χ1v) is 6.76. The van der Waals surface area contributed by atoms with E-state index in [1.165, 1.54) is 24.8 Å². The predicted molar refractivity (Wildman–Crippen MR) is 71.4 cm³/mol. The largest absolute Gasteiger partial charge is 0.497 e. The summed E-state index contributed by atoms with van der Waals surface area (Å²) in [5, 5.41) is 3.61. The molecule has 1 N–H and O–H groups in total. The average molecular weight is 247 g/mol. The fraction of sp³-hybridized carbons (Fsp3) is 0.600. The lowest BCUT2D eigenvalue weighted by atomic mass is 10.1. The fourth-order valence-corrected chi connectivity index (χ4v) is 2.53. The van der Waals surface area contributed by atoms with Gasteiger partial charge in [-0.1, -0.05) is 0 Å². The van der Waals surface area contributed by atoms with Gasteiger partial charge in [0, 0.05) is 12.1 Å². The molecule has 2 saturated carbocycles. The lowest BCUT2D eigenvalue weighted by Crippen LogP contribution is -2.19. The molecule has 0 bridgehead atoms. The Hall–Kier alpha value is -1.22. The molecule has 2 unspecified atom stereocenters. The van der Waals surface area contributed by atoms with Gasteiger partial charge in [-0.3, -0.25) is 0 Å². The first-order chi connectivity index (χ1) is 8.80. The van der Waals surface area contributed by atoms with Crippen molar-refractivity contribution in [1.82, 2.24) is 5.32 Å². The summed E-state index contributed by atoms with van der Waals surface area (Å²) in [5.41, 5.74) is 1.36. The number of nitrogens with one attached hydrogen (secondary N) is 1. The van der Waals surface area contributed by atoms with E-state index in [0.717, 1.165) is 30.0 Å². The minimum absolute atomic E-state index is 0.681. The van der Waals surface area contributed by atoms with Crippen molar-refractivity contribution in [1.29, 1.82) is 0 Å². The van der Waals surface area contributed by atoms with E-state index in [9.17, 15) is 0 Å². The Labute approximate surface area is 108 Å². The molecule has 0 amide bonds. The van der Waals surface area contributed by atoms with Gasteiger partial charge in [-0.2, -0.15) is 0 Å². The SMILES string of the molecule is COc1cc(OC)cc(C2CC2CNC2CC2)c1. The van der Waals surface area contributed by atoms with Crippen LogP contribution in [0.15, 0.2) is 18.2 Å². The van der Waals surface area contributed by atoms with Crippen LogP contribution in [0.4, 0.5) is 0 Å². The molecule has 0 spiro atoms. The summed E-state index contributed by atoms with van der Waals surface area (Å²) >= 11 is 0. The number of rotatable bonds is 6. The summed E-state index contributed by atoms with van der Waals surface area (Å²) in [6.07, 6.45) is 4.02. The fourth-order valence-electron chi connectivity index (χ4n) is 2.53. The molecule has 98 valence electrons. The topological polar surface area (TPSA) is 30.5 Å². The summed E-state index contributed by atoms with van der Waals surface area (Å²) in [4.78, 5) is 0. The Bertz CT molecular complexity index is 406. The van der Waals surface area contributed by atoms with Crippen LogP contribution in [0.2, 0.25) is 0 Å². The standard InChI is InChI=1S/C15H21NO2/c1-17-13-5-10(6-14(8-13)18-2)15-7-11(15)9-16-12-3-4-12/h5-6,8,11-12,15-16H,3-4,7,9H2,1-2H3. The normalized spacial score (nSPS) is 25.9. The molecule has 18 heavy (non-hydrogen) atoms. The van der Waals surface area contributed by atoms with Gasteiger partial charge >= 0.3 is 0 Å². The molecule has 0 radical (unpaired) electrons. The first kappa shape index (κ1) is 11.8. The zero-order valence-electron chi connectivity index (χ0n) is 11.1. The zero-order chi connectivity index (χ0) is 12.5. The molecule has 1 aromatic carbocycles. The van der Waals surface area contributed by atoms with Gasteiger partial charge < -0.3 is 14.8 Å². The van der Waals surface area contributed by atoms with Crippen molar-refractivity contribution in [3.05, 3.63) is 23.8 Å². The van der Waals surface area contributed by atoms with Crippen LogP contribution >= 0.6 is 0 Å². The molecule has 3 rings (SSSR count). The van der Waals surface area contributed by atoms with E-state index in [1.54, 1.807) is 14.2 Å². The third-order valence-corrected chi connectivity index (χ3v) is 3.97. The summed E-state index contributed by atoms with van der Waals surface area (Å²) < 4.78 is 10.6. The molecule has 0 heterocycles. The van der Waals surface area contributed by atoms with E-state index in [4.69, 9.17) is 9.47 Å². The summed E-state index contributed by atoms with van der Waals surface area (Å²) in [5.74, 6) is 3.26. The molecule has 1 aromatic rings. The summed E-state index contributed by atoms with van der Waals surface area (Å²) in [7, 11) is 3.41. The maximum Gasteiger partial charge on any atom is 0.122 e. The smallest absolute Gasteiger partial charge is 0.122 e. The van der Waals surface area contributed by atoms with Gasteiger partial charge in [0.1, 0.15) is 11.5 Å². The second-order valence-electron chi connectivity index (χ2n) is 5.43. The lowest BCUT2D eigenvalue weighted by Gasteiger charge is -2.08. The van der Waals surface area contributed by atoms with Gasteiger partial charge in [-0.25, -0.2) is 0 Å². The van der Waals surface area contributed by atoms with Crippen molar-refractivity contribution in [2.75, 3.05) is 20.8 Å². The van der Waals surface area contributed by atoms with Crippen LogP contribution in [0.25, 0.3) is 0 Å². The van der Waals surface area contributed by atoms with Gasteiger partial charge in [-0.05, 0) is 55.3 Å². The molecule has 0 aromatic heterocycles. The Balaban J connectivity index is 1.64. The molecule has 2 aliphatic carbocycles. The van der Waals surface area contributed by atoms with Crippen LogP contribution in [0.1, 0.15) is 30.7 Å². The first-order valence-electron chi connectivity index (χ1n) is 6.76. The number of ether oxygens (including phenoxy) is 2. The predicted octanol–water partition coefficient (Wildman–Crippen LogP) is 2.56. The average Bonchev–Trinajstić information content (AvgIpc) is 3.28. The Kier molecular flexibility index (Phi) is 3.16. The van der Waals surface area contributed by atoms with E-state index >= 15 is 0 Å². The maximum absolute atomic E-state index is 5.32. The number of hydrogen-bond acceptors (Lipinski definition) is 3. The monoisotopic (exact) mass is 247 g/mol. The Morgan fingerprint density at radius 1 is 1.11 bits per heavy atom. The van der Waals surface area contributed by atoms with Crippen LogP contribution in [0, 0.1) is 5.92 Å². The molecule has 2 fully saturated rings. The zero-order valence-corrected chi connectivity index (χ0v) is 11.1. The van der Waals surface area contributed by atoms with Gasteiger partial charge in [-0.15, -0.1) is 0 Å². The molecule has 2 aliphatic rings. The maximum atomic E-state index is 5.32. The van der Waals surface area contributed by atoms with Gasteiger partial charge in [0.15, 0.2) is 0 Å². The van der Waals surface area contributed by atoms with Crippen molar-refractivity contribution in [2.24, 2.45) is 5.92 Å². The third kappa shape index (κ3) is 2.61.